The molecule has 0 unspecified atom stereocenters. The summed E-state index contributed by atoms with van der Waals surface area (Å²) in [6.07, 6.45) is 0.867. The highest BCUT2D eigenvalue weighted by Gasteiger charge is 2.37. The van der Waals surface area contributed by atoms with Crippen LogP contribution in [-0.4, -0.2) is 27.5 Å². The Hall–Kier alpha value is -2.54. The van der Waals surface area contributed by atoms with Gasteiger partial charge in [-0.3, -0.25) is 9.52 Å². The lowest BCUT2D eigenvalue weighted by molar-refractivity contribution is -0.127. The number of carbonyl (C=O) groups is 1. The second-order valence-electron chi connectivity index (χ2n) is 9.79. The van der Waals surface area contributed by atoms with E-state index in [0.717, 1.165) is 23.1 Å². The van der Waals surface area contributed by atoms with E-state index in [1.165, 1.54) is 0 Å². The van der Waals surface area contributed by atoms with Gasteiger partial charge in [0.05, 0.1) is 22.5 Å². The molecule has 0 atom stereocenters. The minimum absolute atomic E-state index is 0.0140. The number of hydrogen-bond acceptors (Lipinski definition) is 4. The number of benzene rings is 2. The summed E-state index contributed by atoms with van der Waals surface area (Å²) in [6.45, 7) is 12.7. The summed E-state index contributed by atoms with van der Waals surface area (Å²) >= 11 is 0. The average Bonchev–Trinajstić information content (AvgIpc) is 2.77. The molecule has 6 nitrogen and oxygen atoms in total. The van der Waals surface area contributed by atoms with Crippen molar-refractivity contribution in [2.24, 2.45) is 11.3 Å². The van der Waals surface area contributed by atoms with Crippen LogP contribution in [-0.2, 0) is 20.6 Å². The quantitative estimate of drug-likeness (QED) is 0.630. The molecule has 0 saturated heterocycles. The van der Waals surface area contributed by atoms with E-state index >= 15 is 0 Å². The Balaban J connectivity index is 1.87. The summed E-state index contributed by atoms with van der Waals surface area (Å²) in [7, 11) is -3.62. The molecule has 0 fully saturated rings. The first-order valence-corrected chi connectivity index (χ1v) is 12.7. The minimum atomic E-state index is -3.62. The lowest BCUT2D eigenvalue weighted by atomic mass is 9.92. The van der Waals surface area contributed by atoms with Gasteiger partial charge < -0.3 is 9.64 Å². The van der Waals surface area contributed by atoms with Gasteiger partial charge in [-0.05, 0) is 63.3 Å². The van der Waals surface area contributed by atoms with Crippen molar-refractivity contribution in [3.63, 3.8) is 0 Å². The third kappa shape index (κ3) is 5.63. The highest BCUT2D eigenvalue weighted by molar-refractivity contribution is 7.91. The Morgan fingerprint density at radius 2 is 1.84 bits per heavy atom. The van der Waals surface area contributed by atoms with Crippen LogP contribution in [0.1, 0.15) is 50.8 Å². The molecule has 1 aliphatic rings. The van der Waals surface area contributed by atoms with Gasteiger partial charge in [0.2, 0.25) is 15.9 Å². The molecular formula is C25H34N2O4S. The first-order chi connectivity index (χ1) is 14.9. The minimum Gasteiger partial charge on any atom is -0.490 e. The maximum atomic E-state index is 13.2. The van der Waals surface area contributed by atoms with Crippen LogP contribution < -0.4 is 14.4 Å². The highest BCUT2D eigenvalue weighted by Crippen LogP contribution is 2.38. The van der Waals surface area contributed by atoms with E-state index in [1.54, 1.807) is 23.1 Å². The van der Waals surface area contributed by atoms with Gasteiger partial charge in [0, 0.05) is 12.6 Å². The molecule has 1 heterocycles. The molecule has 0 spiro atoms. The van der Waals surface area contributed by atoms with Gasteiger partial charge in [-0.25, -0.2) is 8.42 Å². The van der Waals surface area contributed by atoms with Crippen molar-refractivity contribution in [2.75, 3.05) is 22.8 Å². The van der Waals surface area contributed by atoms with Crippen LogP contribution >= 0.6 is 0 Å². The van der Waals surface area contributed by atoms with Crippen LogP contribution in [0.25, 0.3) is 0 Å². The molecule has 7 heteroatoms. The van der Waals surface area contributed by atoms with E-state index in [4.69, 9.17) is 4.74 Å². The monoisotopic (exact) mass is 458 g/mol. The molecule has 0 aromatic heterocycles. The third-order valence-corrected chi connectivity index (χ3v) is 6.95. The molecular weight excluding hydrogens is 424 g/mol. The Labute approximate surface area is 192 Å². The Bertz CT molecular complexity index is 1110. The zero-order chi connectivity index (χ0) is 23.7. The van der Waals surface area contributed by atoms with Crippen molar-refractivity contribution in [1.29, 1.82) is 0 Å². The number of anilines is 2. The molecule has 0 saturated carbocycles. The number of sulfonamides is 1. The summed E-state index contributed by atoms with van der Waals surface area (Å²) in [4.78, 5) is 14.9. The van der Waals surface area contributed by atoms with Crippen LogP contribution in [0.2, 0.25) is 0 Å². The lowest BCUT2D eigenvalue weighted by Gasteiger charge is -2.28. The van der Waals surface area contributed by atoms with E-state index < -0.39 is 15.4 Å². The standard InChI is InChI=1S/C25H34N2O4S/c1-17(2)11-12-27-22-10-9-21(14-23(22)31-16-25(5,6)24(27)28)26-32(29,30)15-20-13-18(3)7-8-19(20)4/h7-10,13-14,17,26H,11-12,15-16H2,1-6H3. The number of amides is 1. The first-order valence-electron chi connectivity index (χ1n) is 11.0. The second kappa shape index (κ2) is 9.14. The lowest BCUT2D eigenvalue weighted by Crippen LogP contribution is -2.42. The number of ether oxygens (including phenoxy) is 1. The van der Waals surface area contributed by atoms with E-state index in [-0.39, 0.29) is 18.3 Å². The Morgan fingerprint density at radius 3 is 2.53 bits per heavy atom. The number of rotatable bonds is 7. The van der Waals surface area contributed by atoms with Gasteiger partial charge in [0.15, 0.2) is 0 Å². The third-order valence-electron chi connectivity index (χ3n) is 5.72. The first kappa shape index (κ1) is 24.1. The molecule has 0 aliphatic carbocycles. The number of hydrogen-bond donors (Lipinski definition) is 1. The van der Waals surface area contributed by atoms with Crippen molar-refractivity contribution in [3.05, 3.63) is 53.1 Å². The van der Waals surface area contributed by atoms with Gasteiger partial charge in [-0.15, -0.1) is 0 Å². The van der Waals surface area contributed by atoms with Crippen LogP contribution in [0.4, 0.5) is 11.4 Å². The highest BCUT2D eigenvalue weighted by atomic mass is 32.2. The number of aryl methyl sites for hydroxylation is 2. The Morgan fingerprint density at radius 1 is 1.12 bits per heavy atom. The van der Waals surface area contributed by atoms with Gasteiger partial charge >= 0.3 is 0 Å². The Kier molecular flexibility index (Phi) is 6.89. The molecule has 0 bridgehead atoms. The maximum absolute atomic E-state index is 13.2. The van der Waals surface area contributed by atoms with Gasteiger partial charge in [-0.1, -0.05) is 37.6 Å². The number of nitrogens with one attached hydrogen (secondary N) is 1. The zero-order valence-electron chi connectivity index (χ0n) is 19.9. The van der Waals surface area contributed by atoms with E-state index in [2.05, 4.69) is 18.6 Å². The molecule has 3 rings (SSSR count). The molecule has 1 amide bonds. The maximum Gasteiger partial charge on any atom is 0.236 e. The molecule has 174 valence electrons. The van der Waals surface area contributed by atoms with Gasteiger partial charge in [0.25, 0.3) is 0 Å². The smallest absolute Gasteiger partial charge is 0.236 e. The van der Waals surface area contributed by atoms with E-state index in [1.807, 2.05) is 45.9 Å². The topological polar surface area (TPSA) is 75.7 Å². The molecule has 1 aliphatic heterocycles. The largest absolute Gasteiger partial charge is 0.490 e. The summed E-state index contributed by atoms with van der Waals surface area (Å²) < 4.78 is 34.4. The molecule has 2 aromatic carbocycles. The summed E-state index contributed by atoms with van der Waals surface area (Å²) in [5.41, 5.74) is 3.17. The predicted molar refractivity (Wildman–Crippen MR) is 130 cm³/mol. The fraction of sp³-hybridized carbons (Fsp3) is 0.480. The number of fused-ring (bicyclic) bond motifs is 1. The van der Waals surface area contributed by atoms with Crippen LogP contribution in [0, 0.1) is 25.2 Å². The van der Waals surface area contributed by atoms with Gasteiger partial charge in [-0.2, -0.15) is 0 Å². The van der Waals surface area contributed by atoms with Crippen molar-refractivity contribution >= 4 is 27.3 Å². The molecule has 2 aromatic rings. The van der Waals surface area contributed by atoms with E-state index in [0.29, 0.717) is 29.6 Å². The normalized spacial score (nSPS) is 15.8. The van der Waals surface area contributed by atoms with Crippen molar-refractivity contribution < 1.29 is 17.9 Å². The van der Waals surface area contributed by atoms with Crippen LogP contribution in [0.3, 0.4) is 0 Å². The van der Waals surface area contributed by atoms with Crippen LogP contribution in [0.5, 0.6) is 5.75 Å². The van der Waals surface area contributed by atoms with Gasteiger partial charge in [0.1, 0.15) is 12.4 Å². The SMILES string of the molecule is Cc1ccc(C)c(CS(=O)(=O)Nc2ccc3c(c2)OCC(C)(C)C(=O)N3CCC(C)C)c1. The fourth-order valence-corrected chi connectivity index (χ4v) is 4.97. The zero-order valence-corrected chi connectivity index (χ0v) is 20.7. The van der Waals surface area contributed by atoms with Crippen molar-refractivity contribution in [1.82, 2.24) is 0 Å². The molecule has 0 radical (unpaired) electrons. The predicted octanol–water partition coefficient (Wildman–Crippen LogP) is 5.04. The van der Waals surface area contributed by atoms with E-state index in [9.17, 15) is 13.2 Å². The summed E-state index contributed by atoms with van der Waals surface area (Å²) in [6, 6.07) is 10.9. The molecule has 32 heavy (non-hydrogen) atoms. The summed E-state index contributed by atoms with van der Waals surface area (Å²) in [5.74, 6) is 0.874. The van der Waals surface area contributed by atoms with Crippen molar-refractivity contribution in [2.45, 2.75) is 53.7 Å². The average molecular weight is 459 g/mol. The number of carbonyl (C=O) groups excluding carboxylic acids is 1. The summed E-state index contributed by atoms with van der Waals surface area (Å²) in [5, 5.41) is 0. The fourth-order valence-electron chi connectivity index (χ4n) is 3.70. The van der Waals surface area contributed by atoms with Crippen LogP contribution in [0.15, 0.2) is 36.4 Å². The molecule has 1 N–H and O–H groups in total. The van der Waals surface area contributed by atoms with Crippen molar-refractivity contribution in [3.8, 4) is 5.75 Å². The second-order valence-corrected chi connectivity index (χ2v) is 11.5. The number of nitrogens with zero attached hydrogens (tertiary/aromatic N) is 1.